The molecule has 2 aromatic carbocycles. The minimum absolute atomic E-state index is 0.0175. The Morgan fingerprint density at radius 3 is 1.70 bits per heavy atom. The predicted molar refractivity (Wildman–Crippen MR) is 210 cm³/mol. The molecule has 3 rings (SSSR count). The van der Waals surface area contributed by atoms with Crippen LogP contribution in [0.15, 0.2) is 60.7 Å². The monoisotopic (exact) mass is 779 g/mol. The molecule has 5 amide bonds. The van der Waals surface area contributed by atoms with E-state index in [1.807, 2.05) is 74.5 Å². The van der Waals surface area contributed by atoms with E-state index in [0.29, 0.717) is 12.8 Å². The van der Waals surface area contributed by atoms with E-state index in [-0.39, 0.29) is 49.9 Å². The maximum Gasteiger partial charge on any atom is 0.408 e. The molecule has 1 fully saturated rings. The van der Waals surface area contributed by atoms with Gasteiger partial charge in [-0.1, -0.05) is 116 Å². The van der Waals surface area contributed by atoms with E-state index in [2.05, 4.69) is 21.3 Å². The number of carbonyl (C=O) groups is 6. The number of amides is 5. The fraction of sp³-hybridized carbons (Fsp3) is 0.571. The molecule has 2 aromatic rings. The highest BCUT2D eigenvalue weighted by Crippen LogP contribution is 2.24. The van der Waals surface area contributed by atoms with Crippen LogP contribution in [0, 0.1) is 23.7 Å². The Labute approximate surface area is 330 Å². The molecule has 56 heavy (non-hydrogen) atoms. The van der Waals surface area contributed by atoms with Crippen LogP contribution in [0.4, 0.5) is 4.79 Å². The summed E-state index contributed by atoms with van der Waals surface area (Å²) in [6.07, 6.45) is -1.44. The van der Waals surface area contributed by atoms with Crippen molar-refractivity contribution in [2.24, 2.45) is 23.7 Å². The zero-order chi connectivity index (χ0) is 41.5. The van der Waals surface area contributed by atoms with Crippen molar-refractivity contribution in [3.63, 3.8) is 0 Å². The summed E-state index contributed by atoms with van der Waals surface area (Å²) < 4.78 is 10.8. The predicted octanol–water partition coefficient (Wildman–Crippen LogP) is 3.85. The number of benzene rings is 2. The van der Waals surface area contributed by atoms with E-state index in [1.165, 1.54) is 4.90 Å². The molecular formula is C42H61N5O9. The molecule has 1 unspecified atom stereocenters. The van der Waals surface area contributed by atoms with Crippen LogP contribution in [-0.4, -0.2) is 88.6 Å². The number of hydrogen-bond donors (Lipinski definition) is 5. The molecule has 14 nitrogen and oxygen atoms in total. The van der Waals surface area contributed by atoms with Crippen molar-refractivity contribution in [2.45, 2.75) is 124 Å². The molecular weight excluding hydrogens is 718 g/mol. The van der Waals surface area contributed by atoms with Gasteiger partial charge < -0.3 is 40.7 Å². The second-order valence-electron chi connectivity index (χ2n) is 15.9. The number of ether oxygens (including phenoxy) is 2. The first-order chi connectivity index (χ1) is 26.5. The summed E-state index contributed by atoms with van der Waals surface area (Å²) in [4.78, 5) is 81.9. The Hall–Kier alpha value is -4.98. The summed E-state index contributed by atoms with van der Waals surface area (Å²) in [7, 11) is 0. The summed E-state index contributed by atoms with van der Waals surface area (Å²) in [5.41, 5.74) is 1.58. The maximum absolute atomic E-state index is 14.1. The normalized spacial score (nSPS) is 16.8. The molecule has 308 valence electrons. The Morgan fingerprint density at radius 1 is 0.661 bits per heavy atom. The highest BCUT2D eigenvalue weighted by molar-refractivity contribution is 5.94. The lowest BCUT2D eigenvalue weighted by atomic mass is 9.98. The molecule has 0 bridgehead atoms. The van der Waals surface area contributed by atoms with Crippen LogP contribution in [0.1, 0.15) is 85.8 Å². The zero-order valence-electron chi connectivity index (χ0n) is 34.0. The number of rotatable bonds is 19. The standard InChI is InChI=1S/C42H61N5O9/c1-25(2)22-31(37(49)45-35(28(7)8)41(53)55-23-29-16-11-9-12-17-29)43-39(51)36(48)32-20-15-21-47(32)40(52)34(27(5)6)44-38(50)33(26(3)4)46-42(54)56-24-30-18-13-10-14-19-30/h9-14,16-19,25-28,31-36,48H,15,20-24H2,1-8H3,(H,43,51)(H,44,50)(H,45,49)(H,46,54)/t31-,32+,33+,34+,35+,36?/m1/s1. The minimum Gasteiger partial charge on any atom is -0.459 e. The second kappa shape index (κ2) is 21.9. The summed E-state index contributed by atoms with van der Waals surface area (Å²) in [5, 5.41) is 22.2. The molecule has 6 atom stereocenters. The van der Waals surface area contributed by atoms with Crippen molar-refractivity contribution in [2.75, 3.05) is 6.54 Å². The number of aliphatic hydroxyl groups is 1. The van der Waals surface area contributed by atoms with Crippen LogP contribution in [0.2, 0.25) is 0 Å². The lowest BCUT2D eigenvalue weighted by Gasteiger charge is -2.34. The second-order valence-corrected chi connectivity index (χ2v) is 15.9. The minimum atomic E-state index is -1.69. The number of hydrogen-bond acceptors (Lipinski definition) is 9. The first kappa shape index (κ1) is 45.4. The van der Waals surface area contributed by atoms with Crippen molar-refractivity contribution < 1.29 is 43.3 Å². The van der Waals surface area contributed by atoms with Crippen LogP contribution in [-0.2, 0) is 46.7 Å². The lowest BCUT2D eigenvalue weighted by molar-refractivity contribution is -0.150. The number of alkyl carbamates (subject to hydrolysis) is 1. The fourth-order valence-electron chi connectivity index (χ4n) is 6.46. The van der Waals surface area contributed by atoms with Gasteiger partial charge >= 0.3 is 12.1 Å². The highest BCUT2D eigenvalue weighted by atomic mass is 16.5. The number of aliphatic hydroxyl groups excluding tert-OH is 1. The van der Waals surface area contributed by atoms with Gasteiger partial charge in [0, 0.05) is 6.54 Å². The quantitative estimate of drug-likeness (QED) is 0.132. The van der Waals surface area contributed by atoms with Gasteiger partial charge in [0.15, 0.2) is 6.10 Å². The Morgan fingerprint density at radius 2 is 1.18 bits per heavy atom. The first-order valence-electron chi connectivity index (χ1n) is 19.6. The van der Waals surface area contributed by atoms with Crippen LogP contribution >= 0.6 is 0 Å². The first-order valence-corrected chi connectivity index (χ1v) is 19.6. The largest absolute Gasteiger partial charge is 0.459 e. The third-order valence-electron chi connectivity index (χ3n) is 9.66. The average molecular weight is 780 g/mol. The van der Waals surface area contributed by atoms with Gasteiger partial charge in [-0.15, -0.1) is 0 Å². The van der Waals surface area contributed by atoms with Gasteiger partial charge in [-0.05, 0) is 54.1 Å². The summed E-state index contributed by atoms with van der Waals surface area (Å²) in [6.45, 7) is 14.6. The zero-order valence-corrected chi connectivity index (χ0v) is 34.0. The van der Waals surface area contributed by atoms with Crippen molar-refractivity contribution in [1.29, 1.82) is 0 Å². The number of esters is 1. The SMILES string of the molecule is CC(C)C[C@@H](NC(=O)C(O)[C@@H]1CCCN1C(=O)[C@@H](NC(=O)[C@@H](NC(=O)OCc1ccccc1)C(C)C)C(C)C)C(=O)N[C@H](C(=O)OCc1ccccc1)C(C)C. The van der Waals surface area contributed by atoms with Crippen molar-refractivity contribution in [3.8, 4) is 0 Å². The molecule has 0 aliphatic carbocycles. The van der Waals surface area contributed by atoms with Gasteiger partial charge in [-0.25, -0.2) is 9.59 Å². The molecule has 0 spiro atoms. The van der Waals surface area contributed by atoms with Crippen LogP contribution in [0.3, 0.4) is 0 Å². The smallest absolute Gasteiger partial charge is 0.408 e. The summed E-state index contributed by atoms with van der Waals surface area (Å²) in [5.74, 6) is -4.22. The molecule has 1 saturated heterocycles. The van der Waals surface area contributed by atoms with Gasteiger partial charge in [-0.2, -0.15) is 0 Å². The fourth-order valence-corrected chi connectivity index (χ4v) is 6.46. The van der Waals surface area contributed by atoms with Crippen LogP contribution in [0.5, 0.6) is 0 Å². The van der Waals surface area contributed by atoms with E-state index in [9.17, 15) is 33.9 Å². The lowest BCUT2D eigenvalue weighted by Crippen LogP contribution is -2.60. The van der Waals surface area contributed by atoms with E-state index >= 15 is 0 Å². The Balaban J connectivity index is 1.67. The average Bonchev–Trinajstić information content (AvgIpc) is 3.65. The highest BCUT2D eigenvalue weighted by Gasteiger charge is 2.42. The molecule has 0 radical (unpaired) electrons. The van der Waals surface area contributed by atoms with Gasteiger partial charge in [0.05, 0.1) is 6.04 Å². The van der Waals surface area contributed by atoms with Gasteiger partial charge in [0.1, 0.15) is 37.4 Å². The van der Waals surface area contributed by atoms with E-state index in [4.69, 9.17) is 9.47 Å². The van der Waals surface area contributed by atoms with Crippen LogP contribution in [0.25, 0.3) is 0 Å². The summed E-state index contributed by atoms with van der Waals surface area (Å²) >= 11 is 0. The van der Waals surface area contributed by atoms with Crippen LogP contribution < -0.4 is 21.3 Å². The molecule has 0 aromatic heterocycles. The maximum atomic E-state index is 14.1. The number of carbonyl (C=O) groups excluding carboxylic acids is 6. The van der Waals surface area contributed by atoms with Crippen molar-refractivity contribution in [3.05, 3.63) is 71.8 Å². The van der Waals surface area contributed by atoms with Gasteiger partial charge in [0.2, 0.25) is 17.7 Å². The number of nitrogens with one attached hydrogen (secondary N) is 4. The van der Waals surface area contributed by atoms with E-state index < -0.39 is 72.0 Å². The summed E-state index contributed by atoms with van der Waals surface area (Å²) in [6, 6.07) is 13.2. The third kappa shape index (κ3) is 13.6. The molecule has 1 heterocycles. The number of likely N-dealkylation sites (tertiary alicyclic amines) is 1. The van der Waals surface area contributed by atoms with Crippen molar-refractivity contribution in [1.82, 2.24) is 26.2 Å². The number of nitrogens with zero attached hydrogens (tertiary/aromatic N) is 1. The molecule has 5 N–H and O–H groups in total. The molecule has 1 aliphatic heterocycles. The Bertz CT molecular complexity index is 1600. The van der Waals surface area contributed by atoms with Gasteiger partial charge in [0.25, 0.3) is 5.91 Å². The molecule has 1 aliphatic rings. The molecule has 14 heteroatoms. The topological polar surface area (TPSA) is 192 Å². The Kier molecular flexibility index (Phi) is 17.8. The third-order valence-corrected chi connectivity index (χ3v) is 9.66. The van der Waals surface area contributed by atoms with Crippen molar-refractivity contribution >= 4 is 35.7 Å². The van der Waals surface area contributed by atoms with E-state index in [0.717, 1.165) is 11.1 Å². The van der Waals surface area contributed by atoms with Gasteiger partial charge in [-0.3, -0.25) is 19.2 Å². The molecule has 0 saturated carbocycles. The van der Waals surface area contributed by atoms with E-state index in [1.54, 1.807) is 41.5 Å².